The van der Waals surface area contributed by atoms with Gasteiger partial charge < -0.3 is 10.1 Å². The van der Waals surface area contributed by atoms with E-state index in [4.69, 9.17) is 4.74 Å². The third-order valence-electron chi connectivity index (χ3n) is 3.79. The number of halogens is 1. The van der Waals surface area contributed by atoms with Crippen molar-refractivity contribution in [3.63, 3.8) is 0 Å². The van der Waals surface area contributed by atoms with E-state index in [1.165, 1.54) is 17.7 Å². The lowest BCUT2D eigenvalue weighted by Gasteiger charge is -2.09. The number of amides is 1. The molecule has 0 heterocycles. The SMILES string of the molecule is CC(C)c1ccc(OCC(=O)NCCCc2ccc(F)cc2)cc1. The normalized spacial score (nSPS) is 10.7. The highest BCUT2D eigenvalue weighted by molar-refractivity contribution is 5.77. The lowest BCUT2D eigenvalue weighted by molar-refractivity contribution is -0.123. The Kier molecular flexibility index (Phi) is 6.79. The van der Waals surface area contributed by atoms with E-state index in [9.17, 15) is 9.18 Å². The van der Waals surface area contributed by atoms with Gasteiger partial charge in [0.25, 0.3) is 5.91 Å². The predicted octanol–water partition coefficient (Wildman–Crippen LogP) is 4.08. The van der Waals surface area contributed by atoms with Gasteiger partial charge in [0.15, 0.2) is 6.61 Å². The van der Waals surface area contributed by atoms with Crippen LogP contribution in [0.2, 0.25) is 0 Å². The highest BCUT2D eigenvalue weighted by Gasteiger charge is 2.04. The number of aryl methyl sites for hydroxylation is 1. The van der Waals surface area contributed by atoms with E-state index in [-0.39, 0.29) is 18.3 Å². The quantitative estimate of drug-likeness (QED) is 0.741. The topological polar surface area (TPSA) is 38.3 Å². The third kappa shape index (κ3) is 6.03. The monoisotopic (exact) mass is 329 g/mol. The van der Waals surface area contributed by atoms with Crippen LogP contribution in [0.15, 0.2) is 48.5 Å². The Bertz CT molecular complexity index is 636. The Labute approximate surface area is 142 Å². The summed E-state index contributed by atoms with van der Waals surface area (Å²) in [5.74, 6) is 0.803. The molecule has 128 valence electrons. The number of carbonyl (C=O) groups excluding carboxylic acids is 1. The maximum absolute atomic E-state index is 12.8. The predicted molar refractivity (Wildman–Crippen MR) is 93.8 cm³/mol. The summed E-state index contributed by atoms with van der Waals surface area (Å²) < 4.78 is 18.3. The number of hydrogen-bond donors (Lipinski definition) is 1. The summed E-state index contributed by atoms with van der Waals surface area (Å²) in [6.07, 6.45) is 1.61. The van der Waals surface area contributed by atoms with Crippen LogP contribution in [-0.4, -0.2) is 19.1 Å². The van der Waals surface area contributed by atoms with Gasteiger partial charge in [0.2, 0.25) is 0 Å². The van der Waals surface area contributed by atoms with Crippen LogP contribution in [0, 0.1) is 5.82 Å². The maximum atomic E-state index is 12.8. The number of rotatable bonds is 8. The molecule has 1 N–H and O–H groups in total. The summed E-state index contributed by atoms with van der Waals surface area (Å²) in [7, 11) is 0. The van der Waals surface area contributed by atoms with Gasteiger partial charge in [-0.1, -0.05) is 38.1 Å². The van der Waals surface area contributed by atoms with E-state index < -0.39 is 0 Å². The summed E-state index contributed by atoms with van der Waals surface area (Å²) in [5, 5.41) is 2.83. The molecule has 0 atom stereocenters. The molecule has 1 amide bonds. The van der Waals surface area contributed by atoms with Gasteiger partial charge in [-0.3, -0.25) is 4.79 Å². The molecule has 0 aromatic heterocycles. The van der Waals surface area contributed by atoms with Crippen molar-refractivity contribution < 1.29 is 13.9 Å². The zero-order chi connectivity index (χ0) is 17.4. The second-order valence-electron chi connectivity index (χ2n) is 6.09. The average Bonchev–Trinajstić information content (AvgIpc) is 2.59. The molecule has 2 rings (SSSR count). The number of carbonyl (C=O) groups is 1. The fraction of sp³-hybridized carbons (Fsp3) is 0.350. The first-order chi connectivity index (χ1) is 11.5. The molecule has 2 aromatic rings. The minimum absolute atomic E-state index is 0.0115. The molecule has 4 heteroatoms. The number of hydrogen-bond acceptors (Lipinski definition) is 2. The van der Waals surface area contributed by atoms with Crippen molar-refractivity contribution >= 4 is 5.91 Å². The van der Waals surface area contributed by atoms with E-state index in [0.717, 1.165) is 18.4 Å². The lowest BCUT2D eigenvalue weighted by atomic mass is 10.0. The van der Waals surface area contributed by atoms with Crippen LogP contribution in [-0.2, 0) is 11.2 Å². The fourth-order valence-corrected chi connectivity index (χ4v) is 2.32. The maximum Gasteiger partial charge on any atom is 0.257 e. The first-order valence-corrected chi connectivity index (χ1v) is 8.28. The van der Waals surface area contributed by atoms with Crippen molar-refractivity contribution in [1.29, 1.82) is 0 Å². The first kappa shape index (κ1) is 18.0. The molecule has 0 aliphatic rings. The fourth-order valence-electron chi connectivity index (χ4n) is 2.32. The molecule has 3 nitrogen and oxygen atoms in total. The molecule has 0 spiro atoms. The van der Waals surface area contributed by atoms with Gasteiger partial charge in [0, 0.05) is 6.54 Å². The minimum Gasteiger partial charge on any atom is -0.484 e. The van der Waals surface area contributed by atoms with Crippen molar-refractivity contribution in [3.8, 4) is 5.75 Å². The van der Waals surface area contributed by atoms with Crippen molar-refractivity contribution in [2.24, 2.45) is 0 Å². The zero-order valence-corrected chi connectivity index (χ0v) is 14.2. The third-order valence-corrected chi connectivity index (χ3v) is 3.79. The van der Waals surface area contributed by atoms with Crippen LogP contribution in [0.25, 0.3) is 0 Å². The van der Waals surface area contributed by atoms with Crippen molar-refractivity contribution in [3.05, 3.63) is 65.5 Å². The van der Waals surface area contributed by atoms with E-state index >= 15 is 0 Å². The van der Waals surface area contributed by atoms with Gasteiger partial charge in [-0.05, 0) is 54.2 Å². The molecular formula is C20H24FNO2. The Hall–Kier alpha value is -2.36. The highest BCUT2D eigenvalue weighted by atomic mass is 19.1. The largest absolute Gasteiger partial charge is 0.484 e. The Morgan fingerprint density at radius 3 is 2.38 bits per heavy atom. The average molecular weight is 329 g/mol. The molecule has 0 saturated heterocycles. The van der Waals surface area contributed by atoms with Crippen LogP contribution in [0.5, 0.6) is 5.75 Å². The van der Waals surface area contributed by atoms with Crippen molar-refractivity contribution in [2.75, 3.05) is 13.2 Å². The van der Waals surface area contributed by atoms with E-state index in [1.807, 2.05) is 24.3 Å². The van der Waals surface area contributed by atoms with Gasteiger partial charge in [-0.15, -0.1) is 0 Å². The van der Waals surface area contributed by atoms with Crippen LogP contribution in [0.1, 0.15) is 37.3 Å². The van der Waals surface area contributed by atoms with Gasteiger partial charge in [0.1, 0.15) is 11.6 Å². The molecule has 0 unspecified atom stereocenters. The van der Waals surface area contributed by atoms with Crippen molar-refractivity contribution in [1.82, 2.24) is 5.32 Å². The molecule has 0 radical (unpaired) electrons. The molecule has 0 bridgehead atoms. The van der Waals surface area contributed by atoms with E-state index in [2.05, 4.69) is 19.2 Å². The highest BCUT2D eigenvalue weighted by Crippen LogP contribution is 2.18. The number of ether oxygens (including phenoxy) is 1. The summed E-state index contributed by atoms with van der Waals surface area (Å²) >= 11 is 0. The standard InChI is InChI=1S/C20H24FNO2/c1-15(2)17-7-11-19(12-8-17)24-14-20(23)22-13-3-4-16-5-9-18(21)10-6-16/h5-12,15H,3-4,13-14H2,1-2H3,(H,22,23). The van der Waals surface area contributed by atoms with Gasteiger partial charge in [0.05, 0.1) is 0 Å². The van der Waals surface area contributed by atoms with Gasteiger partial charge in [-0.2, -0.15) is 0 Å². The summed E-state index contributed by atoms with van der Waals surface area (Å²) in [6.45, 7) is 4.86. The van der Waals surface area contributed by atoms with E-state index in [1.54, 1.807) is 12.1 Å². The van der Waals surface area contributed by atoms with E-state index in [0.29, 0.717) is 18.2 Å². The zero-order valence-electron chi connectivity index (χ0n) is 14.2. The number of benzene rings is 2. The number of nitrogens with one attached hydrogen (secondary N) is 1. The molecule has 0 aliphatic carbocycles. The Morgan fingerprint density at radius 2 is 1.75 bits per heavy atom. The lowest BCUT2D eigenvalue weighted by Crippen LogP contribution is -2.29. The van der Waals surface area contributed by atoms with Crippen LogP contribution < -0.4 is 10.1 Å². The first-order valence-electron chi connectivity index (χ1n) is 8.28. The summed E-state index contributed by atoms with van der Waals surface area (Å²) in [4.78, 5) is 11.8. The molecule has 0 fully saturated rings. The second-order valence-corrected chi connectivity index (χ2v) is 6.09. The molecule has 0 saturated carbocycles. The molecule has 2 aromatic carbocycles. The van der Waals surface area contributed by atoms with Crippen molar-refractivity contribution in [2.45, 2.75) is 32.6 Å². The van der Waals surface area contributed by atoms with Crippen LogP contribution in [0.3, 0.4) is 0 Å². The smallest absolute Gasteiger partial charge is 0.257 e. The van der Waals surface area contributed by atoms with Crippen LogP contribution in [0.4, 0.5) is 4.39 Å². The second kappa shape index (κ2) is 9.06. The van der Waals surface area contributed by atoms with Gasteiger partial charge in [-0.25, -0.2) is 4.39 Å². The Morgan fingerprint density at radius 1 is 1.08 bits per heavy atom. The van der Waals surface area contributed by atoms with Gasteiger partial charge >= 0.3 is 0 Å². The summed E-state index contributed by atoms with van der Waals surface area (Å²) in [6, 6.07) is 14.2. The van der Waals surface area contributed by atoms with Crippen LogP contribution >= 0.6 is 0 Å². The molecule has 0 aliphatic heterocycles. The molecular weight excluding hydrogens is 305 g/mol. The molecule has 24 heavy (non-hydrogen) atoms. The Balaban J connectivity index is 1.63. The minimum atomic E-state index is -0.231. The summed E-state index contributed by atoms with van der Waals surface area (Å²) in [5.41, 5.74) is 2.31.